The molecule has 0 amide bonds. The number of benzene rings is 1. The highest BCUT2D eigenvalue weighted by atomic mass is 79.9. The van der Waals surface area contributed by atoms with Crippen LogP contribution in [0.5, 0.6) is 0 Å². The Kier molecular flexibility index (Phi) is 5.15. The summed E-state index contributed by atoms with van der Waals surface area (Å²) in [5.74, 6) is -0.228. The lowest BCUT2D eigenvalue weighted by Crippen LogP contribution is -2.35. The van der Waals surface area contributed by atoms with Crippen LogP contribution >= 0.6 is 15.9 Å². The van der Waals surface area contributed by atoms with Crippen molar-refractivity contribution in [2.75, 3.05) is 13.2 Å². The van der Waals surface area contributed by atoms with Crippen molar-refractivity contribution in [2.45, 2.75) is 38.3 Å². The first-order valence-corrected chi connectivity index (χ1v) is 7.29. The molecule has 0 radical (unpaired) electrons. The van der Waals surface area contributed by atoms with E-state index in [9.17, 15) is 4.39 Å². The van der Waals surface area contributed by atoms with Crippen molar-refractivity contribution >= 4 is 15.9 Å². The molecule has 1 N–H and O–H groups in total. The van der Waals surface area contributed by atoms with E-state index in [0.29, 0.717) is 17.1 Å². The van der Waals surface area contributed by atoms with Gasteiger partial charge in [0.15, 0.2) is 0 Å². The summed E-state index contributed by atoms with van der Waals surface area (Å²) in [6.45, 7) is 1.66. The maximum absolute atomic E-state index is 13.2. The minimum atomic E-state index is -0.228. The highest BCUT2D eigenvalue weighted by Gasteiger charge is 2.22. The van der Waals surface area contributed by atoms with Gasteiger partial charge in [-0.05, 0) is 46.5 Å². The minimum Gasteiger partial charge on any atom is -0.395 e. The summed E-state index contributed by atoms with van der Waals surface area (Å²) in [7, 11) is 0. The fourth-order valence-corrected chi connectivity index (χ4v) is 3.09. The Morgan fingerprint density at radius 1 is 1.33 bits per heavy atom. The van der Waals surface area contributed by atoms with Crippen molar-refractivity contribution in [3.63, 3.8) is 0 Å². The van der Waals surface area contributed by atoms with Crippen LogP contribution in [0.2, 0.25) is 0 Å². The highest BCUT2D eigenvalue weighted by molar-refractivity contribution is 9.10. The third kappa shape index (κ3) is 3.53. The molecular formula is C14H19BrFNO. The molecule has 0 unspecified atom stereocenters. The van der Waals surface area contributed by atoms with Gasteiger partial charge in [0, 0.05) is 19.1 Å². The summed E-state index contributed by atoms with van der Waals surface area (Å²) in [6, 6.07) is 5.71. The second-order valence-corrected chi connectivity index (χ2v) is 5.74. The van der Waals surface area contributed by atoms with Crippen molar-refractivity contribution in [3.05, 3.63) is 34.1 Å². The molecule has 2 rings (SSSR count). The number of aliphatic hydroxyl groups is 1. The fourth-order valence-electron chi connectivity index (χ4n) is 2.66. The Hall–Kier alpha value is -0.450. The summed E-state index contributed by atoms with van der Waals surface area (Å²) >= 11 is 3.22. The monoisotopic (exact) mass is 315 g/mol. The zero-order valence-corrected chi connectivity index (χ0v) is 12.0. The Balaban J connectivity index is 2.04. The number of aliphatic hydroxyl groups excluding tert-OH is 1. The van der Waals surface area contributed by atoms with E-state index >= 15 is 0 Å². The summed E-state index contributed by atoms with van der Waals surface area (Å²) in [5, 5.41) is 9.16. The average Bonchev–Trinajstić information content (AvgIpc) is 2.87. The van der Waals surface area contributed by atoms with E-state index in [1.807, 2.05) is 12.1 Å². The molecule has 0 heterocycles. The van der Waals surface area contributed by atoms with Crippen LogP contribution < -0.4 is 0 Å². The summed E-state index contributed by atoms with van der Waals surface area (Å²) < 4.78 is 13.7. The molecule has 1 saturated carbocycles. The highest BCUT2D eigenvalue weighted by Crippen LogP contribution is 2.25. The molecule has 1 aliphatic carbocycles. The number of hydrogen-bond acceptors (Lipinski definition) is 2. The van der Waals surface area contributed by atoms with E-state index in [1.54, 1.807) is 0 Å². The van der Waals surface area contributed by atoms with Crippen molar-refractivity contribution < 1.29 is 9.50 Å². The molecule has 0 aromatic heterocycles. The van der Waals surface area contributed by atoms with E-state index in [-0.39, 0.29) is 12.4 Å². The van der Waals surface area contributed by atoms with Crippen molar-refractivity contribution in [2.24, 2.45) is 0 Å². The predicted octanol–water partition coefficient (Wildman–Crippen LogP) is 3.33. The lowest BCUT2D eigenvalue weighted by atomic mass is 10.1. The molecule has 0 spiro atoms. The first-order valence-electron chi connectivity index (χ1n) is 6.49. The van der Waals surface area contributed by atoms with Crippen LogP contribution in [0.25, 0.3) is 0 Å². The summed E-state index contributed by atoms with van der Waals surface area (Å²) in [6.07, 6.45) is 4.98. The molecule has 1 aromatic carbocycles. The third-order valence-electron chi connectivity index (χ3n) is 3.60. The van der Waals surface area contributed by atoms with Crippen LogP contribution in [0.15, 0.2) is 22.7 Å². The number of halogens is 2. The summed E-state index contributed by atoms with van der Waals surface area (Å²) in [5.41, 5.74) is 1.09. The lowest BCUT2D eigenvalue weighted by Gasteiger charge is -2.28. The van der Waals surface area contributed by atoms with Gasteiger partial charge in [0.25, 0.3) is 0 Å². The van der Waals surface area contributed by atoms with Crippen LogP contribution in [-0.4, -0.2) is 29.2 Å². The Bertz CT molecular complexity index is 393. The average molecular weight is 316 g/mol. The smallest absolute Gasteiger partial charge is 0.137 e. The van der Waals surface area contributed by atoms with Crippen molar-refractivity contribution in [1.29, 1.82) is 0 Å². The fraction of sp³-hybridized carbons (Fsp3) is 0.571. The van der Waals surface area contributed by atoms with E-state index in [2.05, 4.69) is 20.8 Å². The van der Waals surface area contributed by atoms with Crippen molar-refractivity contribution in [1.82, 2.24) is 4.90 Å². The molecule has 0 aliphatic heterocycles. The predicted molar refractivity (Wildman–Crippen MR) is 73.9 cm³/mol. The molecule has 4 heteroatoms. The Morgan fingerprint density at radius 2 is 2.06 bits per heavy atom. The van der Waals surface area contributed by atoms with Crippen LogP contribution in [-0.2, 0) is 6.54 Å². The number of hydrogen-bond donors (Lipinski definition) is 1. The molecular weight excluding hydrogens is 297 g/mol. The van der Waals surface area contributed by atoms with Gasteiger partial charge in [-0.1, -0.05) is 18.9 Å². The third-order valence-corrected chi connectivity index (χ3v) is 4.21. The second-order valence-electron chi connectivity index (χ2n) is 4.88. The van der Waals surface area contributed by atoms with Gasteiger partial charge in [0.1, 0.15) is 5.82 Å². The van der Waals surface area contributed by atoms with Gasteiger partial charge in [0.2, 0.25) is 0 Å². The van der Waals surface area contributed by atoms with E-state index in [1.165, 1.54) is 31.7 Å². The molecule has 1 aromatic rings. The maximum atomic E-state index is 13.2. The van der Waals surface area contributed by atoms with Gasteiger partial charge >= 0.3 is 0 Å². The number of nitrogens with zero attached hydrogens (tertiary/aromatic N) is 1. The molecule has 1 aliphatic rings. The van der Waals surface area contributed by atoms with Gasteiger partial charge in [-0.3, -0.25) is 4.90 Å². The van der Waals surface area contributed by atoms with Crippen LogP contribution in [0.3, 0.4) is 0 Å². The standard InChI is InChI=1S/C14H19BrFNO/c15-13-9-11(5-6-14(13)16)10-17(7-8-18)12-3-1-2-4-12/h5-6,9,12,18H,1-4,7-8,10H2. The Morgan fingerprint density at radius 3 is 2.67 bits per heavy atom. The maximum Gasteiger partial charge on any atom is 0.137 e. The molecule has 1 fully saturated rings. The molecule has 0 saturated heterocycles. The molecule has 2 nitrogen and oxygen atoms in total. The number of rotatable bonds is 5. The van der Waals surface area contributed by atoms with Gasteiger partial charge in [0.05, 0.1) is 11.1 Å². The Labute approximate surface area is 116 Å². The van der Waals surface area contributed by atoms with E-state index in [0.717, 1.165) is 12.1 Å². The van der Waals surface area contributed by atoms with Gasteiger partial charge < -0.3 is 5.11 Å². The molecule has 18 heavy (non-hydrogen) atoms. The minimum absolute atomic E-state index is 0.179. The van der Waals surface area contributed by atoms with E-state index < -0.39 is 0 Å². The van der Waals surface area contributed by atoms with Crippen LogP contribution in [0.4, 0.5) is 4.39 Å². The largest absolute Gasteiger partial charge is 0.395 e. The van der Waals surface area contributed by atoms with E-state index in [4.69, 9.17) is 5.11 Å². The first-order chi connectivity index (χ1) is 8.70. The normalized spacial score (nSPS) is 16.7. The quantitative estimate of drug-likeness (QED) is 0.901. The molecule has 100 valence electrons. The lowest BCUT2D eigenvalue weighted by molar-refractivity contribution is 0.145. The zero-order valence-electron chi connectivity index (χ0n) is 10.4. The SMILES string of the molecule is OCCN(Cc1ccc(F)c(Br)c1)C1CCCC1. The van der Waals surface area contributed by atoms with Crippen molar-refractivity contribution in [3.8, 4) is 0 Å². The summed E-state index contributed by atoms with van der Waals surface area (Å²) in [4.78, 5) is 2.31. The van der Waals surface area contributed by atoms with Gasteiger partial charge in [-0.2, -0.15) is 0 Å². The molecule has 0 bridgehead atoms. The topological polar surface area (TPSA) is 23.5 Å². The van der Waals surface area contributed by atoms with Crippen LogP contribution in [0, 0.1) is 5.82 Å². The first kappa shape index (κ1) is 14.0. The zero-order chi connectivity index (χ0) is 13.0. The second kappa shape index (κ2) is 6.64. The van der Waals surface area contributed by atoms with Gasteiger partial charge in [-0.15, -0.1) is 0 Å². The molecule has 0 atom stereocenters. The van der Waals surface area contributed by atoms with Crippen LogP contribution in [0.1, 0.15) is 31.2 Å². The van der Waals surface area contributed by atoms with Gasteiger partial charge in [-0.25, -0.2) is 4.39 Å².